The molecule has 7 heteroatoms. The van der Waals surface area contributed by atoms with Gasteiger partial charge in [-0.15, -0.1) is 0 Å². The van der Waals surface area contributed by atoms with Crippen LogP contribution in [-0.4, -0.2) is 42.3 Å². The largest absolute Gasteiger partial charge is 0.494 e. The summed E-state index contributed by atoms with van der Waals surface area (Å²) in [7, 11) is 0. The third-order valence-corrected chi connectivity index (χ3v) is 8.02. The van der Waals surface area contributed by atoms with Crippen LogP contribution in [0.2, 0.25) is 0 Å². The van der Waals surface area contributed by atoms with Gasteiger partial charge < -0.3 is 18.9 Å². The lowest BCUT2D eigenvalue weighted by atomic mass is 9.50. The molecule has 4 rings (SSSR count). The lowest BCUT2D eigenvalue weighted by Crippen LogP contribution is -2.43. The summed E-state index contributed by atoms with van der Waals surface area (Å²) < 4.78 is 24.2. The summed E-state index contributed by atoms with van der Waals surface area (Å²) in [5, 5.41) is 0. The Kier molecular flexibility index (Phi) is 13.7. The molecule has 1 saturated carbocycles. The number of hydrogen-bond donors (Lipinski definition) is 0. The second-order valence-electron chi connectivity index (χ2n) is 11.6. The van der Waals surface area contributed by atoms with Crippen molar-refractivity contribution in [3.05, 3.63) is 108 Å². The molecule has 46 heavy (non-hydrogen) atoms. The van der Waals surface area contributed by atoms with E-state index in [4.69, 9.17) is 28.9 Å². The number of benzene rings is 2. The highest BCUT2D eigenvalue weighted by atomic mass is 16.5. The number of allylic oxidation sites excluding steroid dienone is 2. The molecule has 246 valence electrons. The average Bonchev–Trinajstić information content (AvgIpc) is 3.07. The standard InChI is InChI=1S/C39H51N3O4/c1-7-22-43-28(6)26-31(40-33(11-5)44-23-8-2)37-35(29-18-14-12-15-19-29)38(36(37)30-20-16-13-17-21-30)32-27-34(45-24-9-3)42-39(41-32)46-25-10-4/h12-21,26-27,35-38H,6-11,22-25H2,1-5H3. The van der Waals surface area contributed by atoms with Gasteiger partial charge in [-0.25, -0.2) is 4.99 Å². The molecular weight excluding hydrogens is 574 g/mol. The molecule has 0 spiro atoms. The molecule has 0 N–H and O–H groups in total. The van der Waals surface area contributed by atoms with Gasteiger partial charge in [-0.05, 0) is 36.8 Å². The van der Waals surface area contributed by atoms with Gasteiger partial charge in [0.2, 0.25) is 5.88 Å². The summed E-state index contributed by atoms with van der Waals surface area (Å²) >= 11 is 0. The van der Waals surface area contributed by atoms with E-state index in [9.17, 15) is 0 Å². The topological polar surface area (TPSA) is 75.1 Å². The molecule has 0 amide bonds. The minimum atomic E-state index is -0.0152. The van der Waals surface area contributed by atoms with E-state index in [1.807, 2.05) is 12.1 Å². The molecule has 3 aromatic rings. The van der Waals surface area contributed by atoms with Gasteiger partial charge in [0.25, 0.3) is 0 Å². The van der Waals surface area contributed by atoms with Gasteiger partial charge in [0, 0.05) is 42.2 Å². The summed E-state index contributed by atoms with van der Waals surface area (Å²) in [6.07, 6.45) is 6.25. The van der Waals surface area contributed by atoms with E-state index in [0.29, 0.717) is 56.4 Å². The molecule has 1 aliphatic rings. The van der Waals surface area contributed by atoms with Gasteiger partial charge in [-0.2, -0.15) is 9.97 Å². The highest BCUT2D eigenvalue weighted by molar-refractivity contribution is 5.77. The molecule has 2 aromatic carbocycles. The number of rotatable bonds is 18. The molecule has 0 radical (unpaired) electrons. The number of ether oxygens (including phenoxy) is 4. The molecule has 1 aromatic heterocycles. The summed E-state index contributed by atoms with van der Waals surface area (Å²) in [6.45, 7) is 17.0. The van der Waals surface area contributed by atoms with Crippen LogP contribution in [-0.2, 0) is 9.47 Å². The number of nitrogens with zero attached hydrogens (tertiary/aromatic N) is 3. The molecule has 2 unspecified atom stereocenters. The zero-order chi connectivity index (χ0) is 32.7. The first-order valence-corrected chi connectivity index (χ1v) is 17.0. The molecular formula is C39H51N3O4. The van der Waals surface area contributed by atoms with Crippen molar-refractivity contribution in [2.24, 2.45) is 10.9 Å². The predicted molar refractivity (Wildman–Crippen MR) is 186 cm³/mol. The van der Waals surface area contributed by atoms with Crippen molar-refractivity contribution in [3.63, 3.8) is 0 Å². The first-order chi connectivity index (χ1) is 22.5. The summed E-state index contributed by atoms with van der Waals surface area (Å²) in [6, 6.07) is 23.7. The maximum Gasteiger partial charge on any atom is 0.319 e. The summed E-state index contributed by atoms with van der Waals surface area (Å²) in [4.78, 5) is 14.9. The van der Waals surface area contributed by atoms with E-state index in [-0.39, 0.29) is 23.7 Å². The fourth-order valence-electron chi connectivity index (χ4n) is 6.01. The Morgan fingerprint density at radius 2 is 1.28 bits per heavy atom. The highest BCUT2D eigenvalue weighted by Gasteiger charge is 2.55. The highest BCUT2D eigenvalue weighted by Crippen LogP contribution is 2.64. The smallest absolute Gasteiger partial charge is 0.319 e. The number of hydrogen-bond acceptors (Lipinski definition) is 7. The number of aromatic nitrogens is 2. The van der Waals surface area contributed by atoms with Gasteiger partial charge in [-0.3, -0.25) is 0 Å². The number of aliphatic imine (C=N–C) groups is 1. The van der Waals surface area contributed by atoms with Gasteiger partial charge in [-0.1, -0.05) is 102 Å². The SMILES string of the molecule is C=C(C=C(N=C(CC)OCCC)C1C(c2ccccc2)C(c2cc(OCCC)nc(OCCC)n2)C1c1ccccc1)OCCC. The van der Waals surface area contributed by atoms with Crippen LogP contribution in [0.25, 0.3) is 0 Å². The lowest BCUT2D eigenvalue weighted by molar-refractivity contribution is 0.178. The van der Waals surface area contributed by atoms with Crippen molar-refractivity contribution in [1.29, 1.82) is 0 Å². The fraction of sp³-hybridized carbons (Fsp3) is 0.462. The van der Waals surface area contributed by atoms with Gasteiger partial charge >= 0.3 is 6.01 Å². The Morgan fingerprint density at radius 3 is 1.85 bits per heavy atom. The minimum Gasteiger partial charge on any atom is -0.494 e. The zero-order valence-corrected chi connectivity index (χ0v) is 28.3. The third-order valence-electron chi connectivity index (χ3n) is 8.02. The molecule has 0 saturated heterocycles. The molecule has 2 atom stereocenters. The van der Waals surface area contributed by atoms with Crippen molar-refractivity contribution in [3.8, 4) is 11.9 Å². The average molecular weight is 626 g/mol. The van der Waals surface area contributed by atoms with Crippen molar-refractivity contribution >= 4 is 5.90 Å². The van der Waals surface area contributed by atoms with E-state index < -0.39 is 0 Å². The molecule has 1 fully saturated rings. The second-order valence-corrected chi connectivity index (χ2v) is 11.6. The van der Waals surface area contributed by atoms with E-state index in [1.165, 1.54) is 11.1 Å². The maximum atomic E-state index is 6.14. The Hall–Kier alpha value is -4.13. The van der Waals surface area contributed by atoms with Crippen LogP contribution in [0.3, 0.4) is 0 Å². The maximum absolute atomic E-state index is 6.14. The van der Waals surface area contributed by atoms with Crippen molar-refractivity contribution in [2.45, 2.75) is 84.5 Å². The fourth-order valence-corrected chi connectivity index (χ4v) is 6.01. The van der Waals surface area contributed by atoms with Gasteiger partial charge in [0.05, 0.1) is 37.8 Å². The summed E-state index contributed by atoms with van der Waals surface area (Å²) in [5.74, 6) is 1.91. The monoisotopic (exact) mass is 625 g/mol. The Balaban J connectivity index is 1.93. The van der Waals surface area contributed by atoms with Crippen LogP contribution in [0.1, 0.15) is 101 Å². The first kappa shape index (κ1) is 34.7. The lowest BCUT2D eigenvalue weighted by Gasteiger charge is -2.53. The Bertz CT molecular complexity index is 1350. The van der Waals surface area contributed by atoms with Crippen LogP contribution in [0, 0.1) is 5.92 Å². The van der Waals surface area contributed by atoms with Crippen molar-refractivity contribution in [2.75, 3.05) is 26.4 Å². The normalized spacial score (nSPS) is 19.7. The van der Waals surface area contributed by atoms with Crippen LogP contribution in [0.4, 0.5) is 0 Å². The van der Waals surface area contributed by atoms with E-state index in [0.717, 1.165) is 37.1 Å². The quantitative estimate of drug-likeness (QED) is 0.0607. The summed E-state index contributed by atoms with van der Waals surface area (Å²) in [5.41, 5.74) is 4.22. The zero-order valence-electron chi connectivity index (χ0n) is 28.3. The van der Waals surface area contributed by atoms with E-state index in [2.05, 4.69) is 107 Å². The molecule has 0 bridgehead atoms. The Morgan fingerprint density at radius 1 is 0.717 bits per heavy atom. The second kappa shape index (κ2) is 18.1. The minimum absolute atomic E-state index is 0.00387. The molecule has 1 heterocycles. The van der Waals surface area contributed by atoms with Crippen LogP contribution in [0.5, 0.6) is 11.9 Å². The van der Waals surface area contributed by atoms with E-state index in [1.54, 1.807) is 0 Å². The van der Waals surface area contributed by atoms with Crippen molar-refractivity contribution < 1.29 is 18.9 Å². The first-order valence-electron chi connectivity index (χ1n) is 17.0. The van der Waals surface area contributed by atoms with Crippen molar-refractivity contribution in [1.82, 2.24) is 9.97 Å². The third kappa shape index (κ3) is 8.99. The molecule has 0 aliphatic heterocycles. The van der Waals surface area contributed by atoms with Crippen LogP contribution >= 0.6 is 0 Å². The molecule has 1 aliphatic carbocycles. The molecule has 7 nitrogen and oxygen atoms in total. The predicted octanol–water partition coefficient (Wildman–Crippen LogP) is 9.39. The van der Waals surface area contributed by atoms with Gasteiger partial charge in [0.15, 0.2) is 5.90 Å². The Labute approximate surface area is 275 Å². The van der Waals surface area contributed by atoms with Crippen LogP contribution in [0.15, 0.2) is 95.8 Å². The van der Waals surface area contributed by atoms with Crippen LogP contribution < -0.4 is 9.47 Å². The van der Waals surface area contributed by atoms with Gasteiger partial charge in [0.1, 0.15) is 5.76 Å². The van der Waals surface area contributed by atoms with E-state index >= 15 is 0 Å².